The monoisotopic (exact) mass is 293 g/mol. The fraction of sp³-hybridized carbons (Fsp3) is 0.700. The fourth-order valence-corrected chi connectivity index (χ4v) is 4.17. The van der Waals surface area contributed by atoms with Crippen LogP contribution in [0.25, 0.3) is 0 Å². The van der Waals surface area contributed by atoms with Gasteiger partial charge in [0.25, 0.3) is 10.0 Å². The third-order valence-electron chi connectivity index (χ3n) is 3.13. The number of nitrogens with zero attached hydrogens (tertiary/aromatic N) is 2. The van der Waals surface area contributed by atoms with Crippen molar-refractivity contribution in [3.63, 3.8) is 0 Å². The van der Waals surface area contributed by atoms with Crippen molar-refractivity contribution in [3.8, 4) is 0 Å². The number of aromatic nitrogens is 2. The molecular formula is C10H16ClN3O3S. The summed E-state index contributed by atoms with van der Waals surface area (Å²) in [5.41, 5.74) is 0. The smallest absolute Gasteiger partial charge is 0.259 e. The van der Waals surface area contributed by atoms with Gasteiger partial charge in [-0.05, 0) is 12.8 Å². The lowest BCUT2D eigenvalue weighted by Crippen LogP contribution is -2.45. The van der Waals surface area contributed by atoms with Crippen LogP contribution in [0.5, 0.6) is 0 Å². The molecule has 6 nitrogen and oxygen atoms in total. The Hall–Kier alpha value is -0.630. The Balaban J connectivity index is 2.22. The summed E-state index contributed by atoms with van der Waals surface area (Å²) in [4.78, 5) is 0. The maximum atomic E-state index is 12.2. The van der Waals surface area contributed by atoms with Gasteiger partial charge in [0.1, 0.15) is 0 Å². The fourth-order valence-electron chi connectivity index (χ4n) is 2.21. The van der Waals surface area contributed by atoms with E-state index in [0.717, 1.165) is 12.8 Å². The number of halogens is 1. The molecule has 0 amide bonds. The molecule has 1 heterocycles. The average molecular weight is 294 g/mol. The van der Waals surface area contributed by atoms with Crippen molar-refractivity contribution < 1.29 is 13.5 Å². The highest BCUT2D eigenvalue weighted by Crippen LogP contribution is 2.23. The van der Waals surface area contributed by atoms with Crippen molar-refractivity contribution in [2.45, 2.75) is 42.9 Å². The van der Waals surface area contributed by atoms with Gasteiger partial charge in [-0.3, -0.25) is 4.68 Å². The number of aliphatic hydroxyl groups excluding tert-OH is 1. The van der Waals surface area contributed by atoms with Crippen molar-refractivity contribution in [2.75, 3.05) is 0 Å². The molecule has 1 aromatic heterocycles. The second-order valence-electron chi connectivity index (χ2n) is 4.50. The first kappa shape index (κ1) is 13.8. The lowest BCUT2D eigenvalue weighted by atomic mass is 9.93. The molecule has 0 aromatic carbocycles. The van der Waals surface area contributed by atoms with Crippen molar-refractivity contribution in [2.24, 2.45) is 7.05 Å². The molecule has 1 aromatic rings. The molecule has 2 unspecified atom stereocenters. The molecule has 8 heteroatoms. The lowest BCUT2D eigenvalue weighted by molar-refractivity contribution is 0.101. The van der Waals surface area contributed by atoms with Crippen LogP contribution in [-0.2, 0) is 17.1 Å². The Morgan fingerprint density at radius 3 is 2.72 bits per heavy atom. The van der Waals surface area contributed by atoms with Gasteiger partial charge in [-0.1, -0.05) is 24.4 Å². The first-order chi connectivity index (χ1) is 8.42. The van der Waals surface area contributed by atoms with Crippen LogP contribution in [0.1, 0.15) is 25.7 Å². The van der Waals surface area contributed by atoms with Crippen molar-refractivity contribution in [1.29, 1.82) is 0 Å². The second kappa shape index (κ2) is 5.16. The highest BCUT2D eigenvalue weighted by Gasteiger charge is 2.30. The zero-order valence-electron chi connectivity index (χ0n) is 10.0. The summed E-state index contributed by atoms with van der Waals surface area (Å²) in [5.74, 6) is 0. The van der Waals surface area contributed by atoms with Crippen molar-refractivity contribution in [1.82, 2.24) is 14.5 Å². The Morgan fingerprint density at radius 2 is 2.17 bits per heavy atom. The molecule has 2 rings (SSSR count). The Kier molecular flexibility index (Phi) is 3.96. The van der Waals surface area contributed by atoms with Crippen LogP contribution in [0.2, 0.25) is 5.02 Å². The Bertz CT molecular complexity index is 509. The minimum atomic E-state index is -3.75. The van der Waals surface area contributed by atoms with Gasteiger partial charge in [0, 0.05) is 13.1 Å². The molecule has 1 fully saturated rings. The predicted molar refractivity (Wildman–Crippen MR) is 66.8 cm³/mol. The van der Waals surface area contributed by atoms with Crippen molar-refractivity contribution >= 4 is 21.6 Å². The SMILES string of the molecule is Cn1ncc(Cl)c1S(=O)(=O)NC1CCCCC1O. The molecule has 2 atom stereocenters. The highest BCUT2D eigenvalue weighted by molar-refractivity contribution is 7.89. The maximum Gasteiger partial charge on any atom is 0.259 e. The van der Waals surface area contributed by atoms with E-state index in [9.17, 15) is 13.5 Å². The average Bonchev–Trinajstić information content (AvgIpc) is 2.62. The molecule has 0 saturated heterocycles. The van der Waals surface area contributed by atoms with E-state index in [2.05, 4.69) is 9.82 Å². The zero-order chi connectivity index (χ0) is 13.3. The largest absolute Gasteiger partial charge is 0.391 e. The molecule has 102 valence electrons. The minimum Gasteiger partial charge on any atom is -0.391 e. The third-order valence-corrected chi connectivity index (χ3v) is 5.13. The van der Waals surface area contributed by atoms with Gasteiger partial charge in [-0.15, -0.1) is 0 Å². The van der Waals surface area contributed by atoms with Crippen LogP contribution in [0.4, 0.5) is 0 Å². The normalized spacial score (nSPS) is 25.3. The van der Waals surface area contributed by atoms with Crippen LogP contribution in [0.15, 0.2) is 11.2 Å². The molecule has 1 aliphatic carbocycles. The quantitative estimate of drug-likeness (QED) is 0.857. The van der Waals surface area contributed by atoms with E-state index in [0.29, 0.717) is 12.8 Å². The molecule has 1 saturated carbocycles. The van der Waals surface area contributed by atoms with Crippen LogP contribution >= 0.6 is 11.6 Å². The number of hydrogen-bond acceptors (Lipinski definition) is 4. The van der Waals surface area contributed by atoms with Gasteiger partial charge < -0.3 is 5.11 Å². The van der Waals surface area contributed by atoms with Gasteiger partial charge in [-0.25, -0.2) is 13.1 Å². The van der Waals surface area contributed by atoms with E-state index in [1.165, 1.54) is 17.9 Å². The molecule has 1 aliphatic rings. The van der Waals surface area contributed by atoms with Gasteiger partial charge in [0.05, 0.1) is 17.3 Å². The number of aliphatic hydroxyl groups is 1. The van der Waals surface area contributed by atoms with Gasteiger partial charge >= 0.3 is 0 Å². The highest BCUT2D eigenvalue weighted by atomic mass is 35.5. The van der Waals surface area contributed by atoms with E-state index in [1.54, 1.807) is 0 Å². The second-order valence-corrected chi connectivity index (χ2v) is 6.54. The van der Waals surface area contributed by atoms with Crippen LogP contribution in [0.3, 0.4) is 0 Å². The molecule has 0 radical (unpaired) electrons. The van der Waals surface area contributed by atoms with E-state index in [4.69, 9.17) is 11.6 Å². The van der Waals surface area contributed by atoms with Crippen LogP contribution in [0, 0.1) is 0 Å². The summed E-state index contributed by atoms with van der Waals surface area (Å²) in [6, 6.07) is -0.449. The number of sulfonamides is 1. The Morgan fingerprint density at radius 1 is 1.50 bits per heavy atom. The van der Waals surface area contributed by atoms with Gasteiger partial charge in [0.2, 0.25) is 0 Å². The van der Waals surface area contributed by atoms with Crippen LogP contribution in [-0.4, -0.2) is 35.5 Å². The molecule has 0 spiro atoms. The first-order valence-corrected chi connectivity index (χ1v) is 7.66. The van der Waals surface area contributed by atoms with Gasteiger partial charge in [0.15, 0.2) is 5.03 Å². The van der Waals surface area contributed by atoms with Gasteiger partial charge in [-0.2, -0.15) is 5.10 Å². The minimum absolute atomic E-state index is 0.0676. The maximum absolute atomic E-state index is 12.2. The molecular weight excluding hydrogens is 278 g/mol. The Labute approximate surface area is 111 Å². The molecule has 0 aliphatic heterocycles. The number of nitrogens with one attached hydrogen (secondary N) is 1. The van der Waals surface area contributed by atoms with E-state index in [1.807, 2.05) is 0 Å². The van der Waals surface area contributed by atoms with E-state index in [-0.39, 0.29) is 10.0 Å². The van der Waals surface area contributed by atoms with E-state index >= 15 is 0 Å². The third kappa shape index (κ3) is 2.69. The summed E-state index contributed by atoms with van der Waals surface area (Å²) in [6.07, 6.45) is 3.73. The standard InChI is InChI=1S/C10H16ClN3O3S/c1-14-10(7(11)6-12-14)18(16,17)13-8-4-2-3-5-9(8)15/h6,8-9,13,15H,2-5H2,1H3. The summed E-state index contributed by atoms with van der Waals surface area (Å²) in [5, 5.41) is 13.6. The molecule has 0 bridgehead atoms. The predicted octanol–water partition coefficient (Wildman–Crippen LogP) is 0.655. The number of rotatable bonds is 3. The van der Waals surface area contributed by atoms with Crippen molar-refractivity contribution in [3.05, 3.63) is 11.2 Å². The lowest BCUT2D eigenvalue weighted by Gasteiger charge is -2.28. The molecule has 18 heavy (non-hydrogen) atoms. The summed E-state index contributed by atoms with van der Waals surface area (Å²) >= 11 is 5.82. The zero-order valence-corrected chi connectivity index (χ0v) is 11.6. The first-order valence-electron chi connectivity index (χ1n) is 5.79. The number of hydrogen-bond donors (Lipinski definition) is 2. The van der Waals surface area contributed by atoms with E-state index < -0.39 is 22.2 Å². The molecule has 2 N–H and O–H groups in total. The number of aryl methyl sites for hydroxylation is 1. The summed E-state index contributed by atoms with van der Waals surface area (Å²) in [7, 11) is -2.24. The summed E-state index contributed by atoms with van der Waals surface area (Å²) < 4.78 is 28.1. The summed E-state index contributed by atoms with van der Waals surface area (Å²) in [6.45, 7) is 0. The topological polar surface area (TPSA) is 84.2 Å². The van der Waals surface area contributed by atoms with Crippen LogP contribution < -0.4 is 4.72 Å².